The molecule has 1 aliphatic rings. The molecule has 0 saturated heterocycles. The first kappa shape index (κ1) is 22.8. The second-order valence-electron chi connectivity index (χ2n) is 7.60. The molecule has 0 aliphatic carbocycles. The van der Waals surface area contributed by atoms with Crippen molar-refractivity contribution in [2.75, 3.05) is 7.11 Å². The molecule has 2 aromatic carbocycles. The highest BCUT2D eigenvalue weighted by Crippen LogP contribution is 2.29. The molecule has 0 spiro atoms. The molecule has 1 aliphatic heterocycles. The number of carboxylic acids is 1. The van der Waals surface area contributed by atoms with Crippen LogP contribution in [-0.2, 0) is 11.4 Å². The lowest BCUT2D eigenvalue weighted by atomic mass is 10.0. The summed E-state index contributed by atoms with van der Waals surface area (Å²) in [4.78, 5) is 37.8. The van der Waals surface area contributed by atoms with Crippen molar-refractivity contribution < 1.29 is 28.7 Å². The van der Waals surface area contributed by atoms with Gasteiger partial charge in [0.05, 0.1) is 18.4 Å². The Bertz CT molecular complexity index is 1280. The van der Waals surface area contributed by atoms with Crippen LogP contribution in [0.4, 0.5) is 4.39 Å². The number of hydrogen-bond donors (Lipinski definition) is 2. The number of carboxylic acid groups (broad SMARTS) is 1. The summed E-state index contributed by atoms with van der Waals surface area (Å²) in [5.41, 5.74) is 2.81. The molecule has 2 N–H and O–H groups in total. The Kier molecular flexibility index (Phi) is 6.48. The van der Waals surface area contributed by atoms with Crippen LogP contribution < -0.4 is 10.1 Å². The molecule has 1 aromatic heterocycles. The fourth-order valence-corrected chi connectivity index (χ4v) is 3.47. The molecule has 1 atom stereocenters. The van der Waals surface area contributed by atoms with Gasteiger partial charge in [-0.3, -0.25) is 4.79 Å². The lowest BCUT2D eigenvalue weighted by molar-refractivity contribution is 0.0695. The predicted molar refractivity (Wildman–Crippen MR) is 119 cm³/mol. The van der Waals surface area contributed by atoms with Crippen molar-refractivity contribution in [3.63, 3.8) is 0 Å². The van der Waals surface area contributed by atoms with Crippen LogP contribution in [0.3, 0.4) is 0 Å². The quantitative estimate of drug-likeness (QED) is 0.549. The molecule has 0 unspecified atom stereocenters. The number of aromatic carboxylic acids is 1. The van der Waals surface area contributed by atoms with Crippen LogP contribution in [0.15, 0.2) is 53.7 Å². The van der Waals surface area contributed by atoms with Gasteiger partial charge in [-0.2, -0.15) is 0 Å². The summed E-state index contributed by atoms with van der Waals surface area (Å²) < 4.78 is 18.5. The molecule has 9 nitrogen and oxygen atoms in total. The fourth-order valence-electron chi connectivity index (χ4n) is 3.47. The first-order valence-electron chi connectivity index (χ1n) is 10.4. The lowest BCUT2D eigenvalue weighted by Crippen LogP contribution is -2.25. The summed E-state index contributed by atoms with van der Waals surface area (Å²) in [6.45, 7) is 1.83. The minimum Gasteiger partial charge on any atom is -0.494 e. The van der Waals surface area contributed by atoms with E-state index in [4.69, 9.17) is 14.7 Å². The highest BCUT2D eigenvalue weighted by molar-refractivity contribution is 6.02. The number of ether oxygens (including phenoxy) is 1. The first-order chi connectivity index (χ1) is 16.3. The number of aryl methyl sites for hydroxylation is 1. The number of nitrogens with one attached hydrogen (secondary N) is 1. The Hall–Kier alpha value is -4.34. The van der Waals surface area contributed by atoms with Gasteiger partial charge >= 0.3 is 5.97 Å². The third-order valence-electron chi connectivity index (χ3n) is 5.23. The average molecular weight is 464 g/mol. The van der Waals surface area contributed by atoms with Crippen LogP contribution in [0.25, 0.3) is 0 Å². The molecule has 0 bridgehead atoms. The van der Waals surface area contributed by atoms with Gasteiger partial charge in [0.25, 0.3) is 5.91 Å². The number of benzene rings is 2. The minimum atomic E-state index is -1.00. The molecule has 10 heteroatoms. The third-order valence-corrected chi connectivity index (χ3v) is 5.23. The first-order valence-corrected chi connectivity index (χ1v) is 10.4. The minimum absolute atomic E-state index is 0.0957. The van der Waals surface area contributed by atoms with E-state index in [1.807, 2.05) is 0 Å². The lowest BCUT2D eigenvalue weighted by Gasteiger charge is -2.09. The molecule has 3 aromatic rings. The molecule has 4 rings (SSSR count). The molecule has 0 radical (unpaired) electrons. The van der Waals surface area contributed by atoms with Crippen LogP contribution in [0, 0.1) is 12.7 Å². The van der Waals surface area contributed by atoms with E-state index >= 15 is 0 Å². The van der Waals surface area contributed by atoms with Gasteiger partial charge in [-0.15, -0.1) is 0 Å². The van der Waals surface area contributed by atoms with Crippen LogP contribution in [0.1, 0.15) is 56.0 Å². The van der Waals surface area contributed by atoms with E-state index < -0.39 is 17.7 Å². The molecule has 1 amide bonds. The van der Waals surface area contributed by atoms with Gasteiger partial charge in [0.15, 0.2) is 17.7 Å². The number of halogens is 1. The van der Waals surface area contributed by atoms with Gasteiger partial charge in [0.1, 0.15) is 17.2 Å². The molecule has 174 valence electrons. The van der Waals surface area contributed by atoms with E-state index in [-0.39, 0.29) is 29.7 Å². The van der Waals surface area contributed by atoms with E-state index in [2.05, 4.69) is 20.4 Å². The van der Waals surface area contributed by atoms with Crippen LogP contribution >= 0.6 is 0 Å². The van der Waals surface area contributed by atoms with Gasteiger partial charge in [-0.1, -0.05) is 23.4 Å². The van der Waals surface area contributed by atoms with Crippen LogP contribution in [0.5, 0.6) is 5.75 Å². The summed E-state index contributed by atoms with van der Waals surface area (Å²) in [6, 6.07) is 12.3. The molecule has 0 fully saturated rings. The Labute approximate surface area is 194 Å². The topological polar surface area (TPSA) is 123 Å². The highest BCUT2D eigenvalue weighted by Gasteiger charge is 2.26. The van der Waals surface area contributed by atoms with Crippen molar-refractivity contribution >= 4 is 17.6 Å². The second-order valence-corrected chi connectivity index (χ2v) is 7.60. The zero-order chi connectivity index (χ0) is 24.2. The highest BCUT2D eigenvalue weighted by atomic mass is 19.1. The molecular weight excluding hydrogens is 443 g/mol. The number of carbonyl (C=O) groups is 2. The van der Waals surface area contributed by atoms with Crippen molar-refractivity contribution in [3.05, 3.63) is 88.3 Å². The number of methoxy groups -OCH3 is 1. The van der Waals surface area contributed by atoms with Crippen molar-refractivity contribution in [1.82, 2.24) is 15.3 Å². The van der Waals surface area contributed by atoms with Gasteiger partial charge in [-0.25, -0.2) is 19.2 Å². The maximum atomic E-state index is 13.6. The smallest absolute Gasteiger partial charge is 0.335 e. The number of rotatable bonds is 7. The summed E-state index contributed by atoms with van der Waals surface area (Å²) in [5, 5.41) is 15.9. The molecule has 2 heterocycles. The normalized spacial score (nSPS) is 14.8. The number of aromatic nitrogens is 2. The van der Waals surface area contributed by atoms with E-state index in [9.17, 15) is 14.0 Å². The monoisotopic (exact) mass is 464 g/mol. The number of hydrogen-bond acceptors (Lipinski definition) is 7. The van der Waals surface area contributed by atoms with Crippen molar-refractivity contribution in [1.29, 1.82) is 0 Å². The Morgan fingerprint density at radius 3 is 2.65 bits per heavy atom. The predicted octanol–water partition coefficient (Wildman–Crippen LogP) is 3.43. The number of nitrogens with zero attached hydrogens (tertiary/aromatic N) is 3. The van der Waals surface area contributed by atoms with Gasteiger partial charge in [-0.05, 0) is 48.4 Å². The van der Waals surface area contributed by atoms with Gasteiger partial charge in [0.2, 0.25) is 0 Å². The summed E-state index contributed by atoms with van der Waals surface area (Å²) >= 11 is 0. The largest absolute Gasteiger partial charge is 0.494 e. The van der Waals surface area contributed by atoms with Crippen molar-refractivity contribution in [3.8, 4) is 5.75 Å². The van der Waals surface area contributed by atoms with Gasteiger partial charge < -0.3 is 20.0 Å². The Morgan fingerprint density at radius 2 is 1.94 bits per heavy atom. The molecular formula is C24H21FN4O5. The Morgan fingerprint density at radius 1 is 1.18 bits per heavy atom. The Balaban J connectivity index is 1.44. The second kappa shape index (κ2) is 9.65. The third kappa shape index (κ3) is 5.01. The number of carbonyl (C=O) groups excluding carboxylic acids is 1. The van der Waals surface area contributed by atoms with Crippen LogP contribution in [-0.4, -0.2) is 39.8 Å². The molecule has 34 heavy (non-hydrogen) atoms. The van der Waals surface area contributed by atoms with Crippen molar-refractivity contribution in [2.45, 2.75) is 26.0 Å². The summed E-state index contributed by atoms with van der Waals surface area (Å²) in [7, 11) is 1.37. The zero-order valence-electron chi connectivity index (χ0n) is 18.4. The maximum absolute atomic E-state index is 13.6. The summed E-state index contributed by atoms with van der Waals surface area (Å²) in [6.07, 6.45) is 0.0121. The molecule has 0 saturated carbocycles. The maximum Gasteiger partial charge on any atom is 0.335 e. The standard InChI is InChI=1S/C24H21FN4O5/c1-13-27-18(19-11-21(34-29-19)15-4-6-16(7-5-15)24(31)32)10-20(28-13)23(30)26-12-14-3-8-17(25)22(9-14)33-2/h3-10,21H,11-12H2,1-2H3,(H,26,30)(H,31,32)/t21-/m0/s1. The number of amides is 1. The van der Waals surface area contributed by atoms with Gasteiger partial charge in [0, 0.05) is 13.0 Å². The number of oxime groups is 1. The van der Waals surface area contributed by atoms with E-state index in [0.717, 1.165) is 5.56 Å². The summed E-state index contributed by atoms with van der Waals surface area (Å²) in [5.74, 6) is -1.42. The van der Waals surface area contributed by atoms with Crippen LogP contribution in [0.2, 0.25) is 0 Å². The van der Waals surface area contributed by atoms with E-state index in [0.29, 0.717) is 29.2 Å². The average Bonchev–Trinajstić information content (AvgIpc) is 3.33. The zero-order valence-corrected chi connectivity index (χ0v) is 18.4. The van der Waals surface area contributed by atoms with E-state index in [1.54, 1.807) is 25.1 Å². The van der Waals surface area contributed by atoms with E-state index in [1.165, 1.54) is 37.4 Å². The van der Waals surface area contributed by atoms with Crippen molar-refractivity contribution in [2.24, 2.45) is 5.16 Å². The fraction of sp³-hybridized carbons (Fsp3) is 0.208. The SMILES string of the molecule is COc1cc(CNC(=O)c2cc(C3=NO[C@H](c4ccc(C(=O)O)cc4)C3)nc(C)n2)ccc1F.